The fourth-order valence-electron chi connectivity index (χ4n) is 2.16. The first kappa shape index (κ1) is 15.6. The van der Waals surface area contributed by atoms with Gasteiger partial charge >= 0.3 is 0 Å². The number of hydrogen-bond donors (Lipinski definition) is 2. The van der Waals surface area contributed by atoms with Crippen molar-refractivity contribution in [3.05, 3.63) is 77.9 Å². The number of pyridine rings is 1. The van der Waals surface area contributed by atoms with Crippen molar-refractivity contribution in [1.29, 1.82) is 0 Å². The summed E-state index contributed by atoms with van der Waals surface area (Å²) in [4.78, 5) is 25.1. The molecule has 2 heterocycles. The smallest absolute Gasteiger partial charge is 0.270 e. The first-order valence-corrected chi connectivity index (χ1v) is 7.56. The van der Waals surface area contributed by atoms with E-state index in [1.54, 1.807) is 12.3 Å². The van der Waals surface area contributed by atoms with Crippen molar-refractivity contribution in [3.63, 3.8) is 0 Å². The lowest BCUT2D eigenvalue weighted by molar-refractivity contribution is 0.0945. The van der Waals surface area contributed by atoms with Crippen LogP contribution in [0.1, 0.15) is 21.9 Å². The Morgan fingerprint density at radius 2 is 1.83 bits per heavy atom. The zero-order valence-electron chi connectivity index (χ0n) is 13.2. The number of nitrogens with one attached hydrogen (secondary N) is 2. The third-order valence-electron chi connectivity index (χ3n) is 3.27. The number of aryl methyl sites for hydroxylation is 1. The molecule has 0 atom stereocenters. The van der Waals surface area contributed by atoms with Gasteiger partial charge in [-0.3, -0.25) is 9.78 Å². The second-order valence-corrected chi connectivity index (χ2v) is 5.21. The molecule has 0 aliphatic carbocycles. The van der Waals surface area contributed by atoms with Crippen molar-refractivity contribution in [1.82, 2.24) is 20.3 Å². The summed E-state index contributed by atoms with van der Waals surface area (Å²) < 4.78 is 0. The average Bonchev–Trinajstić information content (AvgIpc) is 2.61. The fourth-order valence-corrected chi connectivity index (χ4v) is 2.16. The normalized spacial score (nSPS) is 10.2. The molecule has 0 unspecified atom stereocenters. The Morgan fingerprint density at radius 1 is 1.04 bits per heavy atom. The van der Waals surface area contributed by atoms with E-state index in [1.165, 1.54) is 0 Å². The van der Waals surface area contributed by atoms with Gasteiger partial charge in [-0.1, -0.05) is 24.3 Å². The van der Waals surface area contributed by atoms with Crippen molar-refractivity contribution in [3.8, 4) is 0 Å². The maximum Gasteiger partial charge on any atom is 0.270 e. The van der Waals surface area contributed by atoms with E-state index in [1.807, 2.05) is 55.5 Å². The van der Waals surface area contributed by atoms with Crippen molar-refractivity contribution in [2.75, 3.05) is 5.32 Å². The summed E-state index contributed by atoms with van der Waals surface area (Å²) in [6, 6.07) is 16.8. The number of para-hydroxylation sites is 1. The summed E-state index contributed by atoms with van der Waals surface area (Å²) >= 11 is 0. The van der Waals surface area contributed by atoms with Gasteiger partial charge < -0.3 is 10.6 Å². The summed E-state index contributed by atoms with van der Waals surface area (Å²) in [7, 11) is 0. The standard InChI is InChI=1S/C18H17N5O/c1-13-11-16(17(24)20-12-15-9-5-6-10-19-15)23-18(21-13)22-14-7-3-2-4-8-14/h2-11H,12H2,1H3,(H,20,24)(H,21,22,23). The Bertz CT molecular complexity index is 821. The molecule has 1 aromatic carbocycles. The molecule has 24 heavy (non-hydrogen) atoms. The molecule has 0 spiro atoms. The first-order valence-electron chi connectivity index (χ1n) is 7.56. The van der Waals surface area contributed by atoms with Crippen LogP contribution < -0.4 is 10.6 Å². The lowest BCUT2D eigenvalue weighted by Crippen LogP contribution is -2.24. The zero-order chi connectivity index (χ0) is 16.8. The Morgan fingerprint density at radius 3 is 2.58 bits per heavy atom. The molecule has 120 valence electrons. The Balaban J connectivity index is 1.72. The van der Waals surface area contributed by atoms with Crippen LogP contribution in [0.15, 0.2) is 60.8 Å². The van der Waals surface area contributed by atoms with E-state index in [-0.39, 0.29) is 5.91 Å². The molecule has 0 saturated carbocycles. The molecule has 0 fully saturated rings. The third kappa shape index (κ3) is 4.13. The van der Waals surface area contributed by atoms with Crippen LogP contribution in [0.3, 0.4) is 0 Å². The predicted molar refractivity (Wildman–Crippen MR) is 91.9 cm³/mol. The van der Waals surface area contributed by atoms with Gasteiger partial charge in [-0.25, -0.2) is 9.97 Å². The van der Waals surface area contributed by atoms with Gasteiger partial charge in [0.05, 0.1) is 12.2 Å². The predicted octanol–water partition coefficient (Wildman–Crippen LogP) is 2.85. The summed E-state index contributed by atoms with van der Waals surface area (Å²) in [5.74, 6) is 0.131. The Labute approximate surface area is 140 Å². The number of anilines is 2. The van der Waals surface area contributed by atoms with Crippen molar-refractivity contribution < 1.29 is 4.79 Å². The maximum absolute atomic E-state index is 12.3. The van der Waals surface area contributed by atoms with Crippen LogP contribution in [-0.2, 0) is 6.54 Å². The second kappa shape index (κ2) is 7.32. The van der Waals surface area contributed by atoms with Gasteiger partial charge in [0.25, 0.3) is 5.91 Å². The summed E-state index contributed by atoms with van der Waals surface area (Å²) in [5, 5.41) is 5.91. The van der Waals surface area contributed by atoms with Crippen LogP contribution in [0.4, 0.5) is 11.6 Å². The van der Waals surface area contributed by atoms with Crippen molar-refractivity contribution >= 4 is 17.5 Å². The molecule has 0 saturated heterocycles. The third-order valence-corrected chi connectivity index (χ3v) is 3.27. The van der Waals surface area contributed by atoms with Gasteiger partial charge in [-0.15, -0.1) is 0 Å². The largest absolute Gasteiger partial charge is 0.345 e. The molecular formula is C18H17N5O. The zero-order valence-corrected chi connectivity index (χ0v) is 13.2. The lowest BCUT2D eigenvalue weighted by atomic mass is 10.3. The second-order valence-electron chi connectivity index (χ2n) is 5.21. The van der Waals surface area contributed by atoms with Crippen LogP contribution in [-0.4, -0.2) is 20.9 Å². The summed E-state index contributed by atoms with van der Waals surface area (Å²) in [5.41, 5.74) is 2.69. The monoisotopic (exact) mass is 319 g/mol. The highest BCUT2D eigenvalue weighted by atomic mass is 16.1. The van der Waals surface area contributed by atoms with Crippen molar-refractivity contribution in [2.24, 2.45) is 0 Å². The van der Waals surface area contributed by atoms with Gasteiger partial charge in [-0.05, 0) is 37.3 Å². The van der Waals surface area contributed by atoms with Gasteiger partial charge in [0.15, 0.2) is 0 Å². The summed E-state index contributed by atoms with van der Waals surface area (Å²) in [6.45, 7) is 2.18. The van der Waals surface area contributed by atoms with E-state index in [0.29, 0.717) is 23.9 Å². The number of amides is 1. The molecular weight excluding hydrogens is 302 g/mol. The number of aromatic nitrogens is 3. The SMILES string of the molecule is Cc1cc(C(=O)NCc2ccccn2)nc(Nc2ccccc2)n1. The molecule has 3 aromatic rings. The van der Waals surface area contributed by atoms with Crippen LogP contribution in [0, 0.1) is 6.92 Å². The van der Waals surface area contributed by atoms with Gasteiger partial charge in [0.2, 0.25) is 5.95 Å². The maximum atomic E-state index is 12.3. The van der Waals surface area contributed by atoms with E-state index >= 15 is 0 Å². The number of nitrogens with zero attached hydrogens (tertiary/aromatic N) is 3. The average molecular weight is 319 g/mol. The van der Waals surface area contributed by atoms with Crippen LogP contribution >= 0.6 is 0 Å². The van der Waals surface area contributed by atoms with E-state index in [2.05, 4.69) is 25.6 Å². The molecule has 6 heteroatoms. The molecule has 3 rings (SSSR count). The van der Waals surface area contributed by atoms with Crippen LogP contribution in [0.25, 0.3) is 0 Å². The first-order chi connectivity index (χ1) is 11.7. The molecule has 0 radical (unpaired) electrons. The molecule has 1 amide bonds. The minimum Gasteiger partial charge on any atom is -0.345 e. The van der Waals surface area contributed by atoms with Crippen molar-refractivity contribution in [2.45, 2.75) is 13.5 Å². The summed E-state index contributed by atoms with van der Waals surface area (Å²) in [6.07, 6.45) is 1.69. The highest BCUT2D eigenvalue weighted by Gasteiger charge is 2.11. The molecule has 2 N–H and O–H groups in total. The topological polar surface area (TPSA) is 79.8 Å². The van der Waals surface area contributed by atoms with E-state index in [4.69, 9.17) is 0 Å². The lowest BCUT2D eigenvalue weighted by Gasteiger charge is -2.08. The van der Waals surface area contributed by atoms with Gasteiger partial charge in [0.1, 0.15) is 5.69 Å². The molecule has 2 aromatic heterocycles. The number of rotatable bonds is 5. The number of carbonyl (C=O) groups excluding carboxylic acids is 1. The number of benzene rings is 1. The van der Waals surface area contributed by atoms with Gasteiger partial charge in [-0.2, -0.15) is 0 Å². The quantitative estimate of drug-likeness (QED) is 0.756. The van der Waals surface area contributed by atoms with Crippen LogP contribution in [0.2, 0.25) is 0 Å². The van der Waals surface area contributed by atoms with E-state index in [9.17, 15) is 4.79 Å². The molecule has 0 aliphatic heterocycles. The Hall–Kier alpha value is -3.28. The van der Waals surface area contributed by atoms with Crippen LogP contribution in [0.5, 0.6) is 0 Å². The minimum absolute atomic E-state index is 0.262. The van der Waals surface area contributed by atoms with Gasteiger partial charge in [0, 0.05) is 17.6 Å². The number of hydrogen-bond acceptors (Lipinski definition) is 5. The molecule has 0 bridgehead atoms. The highest BCUT2D eigenvalue weighted by molar-refractivity contribution is 5.92. The number of carbonyl (C=O) groups is 1. The Kier molecular flexibility index (Phi) is 4.76. The van der Waals surface area contributed by atoms with E-state index < -0.39 is 0 Å². The molecule has 0 aliphatic rings. The van der Waals surface area contributed by atoms with E-state index in [0.717, 1.165) is 11.4 Å². The fraction of sp³-hybridized carbons (Fsp3) is 0.111. The molecule has 6 nitrogen and oxygen atoms in total. The highest BCUT2D eigenvalue weighted by Crippen LogP contribution is 2.13. The minimum atomic E-state index is -0.262.